The van der Waals surface area contributed by atoms with Crippen molar-refractivity contribution in [2.24, 2.45) is 0 Å². The van der Waals surface area contributed by atoms with Gasteiger partial charge in [0.15, 0.2) is 12.4 Å². The molecular formula is C34H43ClO7Si. The van der Waals surface area contributed by atoms with E-state index in [4.69, 9.17) is 40.0 Å². The summed E-state index contributed by atoms with van der Waals surface area (Å²) in [6, 6.07) is 30.6. The number of esters is 1. The maximum Gasteiger partial charge on any atom is 0.321 e. The van der Waals surface area contributed by atoms with E-state index in [1.54, 1.807) is 0 Å². The first-order valence-electron chi connectivity index (χ1n) is 14.8. The predicted molar refractivity (Wildman–Crippen MR) is 170 cm³/mol. The number of hydrogen-bond acceptors (Lipinski definition) is 7. The molecule has 3 aromatic carbocycles. The molecule has 0 bridgehead atoms. The lowest BCUT2D eigenvalue weighted by Crippen LogP contribution is -2.62. The monoisotopic (exact) mass is 626 g/mol. The van der Waals surface area contributed by atoms with Gasteiger partial charge >= 0.3 is 5.97 Å². The molecule has 3 aromatic rings. The summed E-state index contributed by atoms with van der Waals surface area (Å²) in [6.07, 6.45) is -3.69. The topological polar surface area (TPSA) is 72.5 Å². The molecule has 1 heterocycles. The second-order valence-corrected chi connectivity index (χ2v) is 17.7. The predicted octanol–water partition coefficient (Wildman–Crippen LogP) is 6.60. The van der Waals surface area contributed by atoms with E-state index in [0.29, 0.717) is 19.8 Å². The Hall–Kier alpha value is -2.56. The molecule has 5 unspecified atom stereocenters. The summed E-state index contributed by atoms with van der Waals surface area (Å²) in [5.74, 6) is -0.873. The first-order valence-corrected chi connectivity index (χ1v) is 19.0. The minimum atomic E-state index is -1.39. The molecule has 1 saturated heterocycles. The second kappa shape index (κ2) is 17.1. The largest absolute Gasteiger partial charge is 0.456 e. The molecular weight excluding hydrogens is 584 g/mol. The Kier molecular flexibility index (Phi) is 13.2. The molecule has 0 N–H and O–H groups in total. The molecule has 0 spiro atoms. The van der Waals surface area contributed by atoms with Gasteiger partial charge in [0.05, 0.1) is 26.4 Å². The van der Waals surface area contributed by atoms with Crippen LogP contribution in [0.15, 0.2) is 91.0 Å². The van der Waals surface area contributed by atoms with Crippen LogP contribution in [0.4, 0.5) is 0 Å². The first-order chi connectivity index (χ1) is 20.8. The first kappa shape index (κ1) is 33.3. The summed E-state index contributed by atoms with van der Waals surface area (Å²) < 4.78 is 38.0. The molecule has 0 aromatic heterocycles. The van der Waals surface area contributed by atoms with Gasteiger partial charge in [-0.25, -0.2) is 0 Å². The van der Waals surface area contributed by atoms with Crippen molar-refractivity contribution in [3.63, 3.8) is 0 Å². The summed E-state index contributed by atoms with van der Waals surface area (Å²) in [5, 5.41) is 0. The van der Waals surface area contributed by atoms with Gasteiger partial charge in [0, 0.05) is 14.7 Å². The SMILES string of the molecule is C[Si](C)(C)CCOC1OC(COCc2ccccc2)C(OC(=O)CCl)C(OCc2ccccc2)C1OCc1ccccc1. The molecule has 1 fully saturated rings. The highest BCUT2D eigenvalue weighted by Gasteiger charge is 2.50. The highest BCUT2D eigenvalue weighted by molar-refractivity contribution is 6.76. The van der Waals surface area contributed by atoms with Crippen LogP contribution in [-0.4, -0.2) is 63.8 Å². The Morgan fingerprint density at radius 3 is 1.74 bits per heavy atom. The van der Waals surface area contributed by atoms with Crippen LogP contribution < -0.4 is 0 Å². The van der Waals surface area contributed by atoms with Gasteiger partial charge in [0.1, 0.15) is 24.2 Å². The molecule has 4 rings (SSSR count). The van der Waals surface area contributed by atoms with Gasteiger partial charge < -0.3 is 28.4 Å². The van der Waals surface area contributed by atoms with Crippen molar-refractivity contribution >= 4 is 25.6 Å². The number of hydrogen-bond donors (Lipinski definition) is 0. The van der Waals surface area contributed by atoms with Crippen LogP contribution in [0, 0.1) is 0 Å². The molecule has 0 amide bonds. The maximum atomic E-state index is 12.6. The zero-order valence-corrected chi connectivity index (χ0v) is 27.0. The fraction of sp³-hybridized carbons (Fsp3) is 0.441. The molecule has 0 radical (unpaired) electrons. The highest BCUT2D eigenvalue weighted by Crippen LogP contribution is 2.31. The van der Waals surface area contributed by atoms with Crippen LogP contribution in [0.1, 0.15) is 16.7 Å². The average Bonchev–Trinajstić information content (AvgIpc) is 3.01. The molecule has 0 aliphatic carbocycles. The summed E-state index contributed by atoms with van der Waals surface area (Å²) in [4.78, 5) is 12.6. The number of ether oxygens (including phenoxy) is 6. The smallest absolute Gasteiger partial charge is 0.321 e. The van der Waals surface area contributed by atoms with Gasteiger partial charge in [-0.15, -0.1) is 11.6 Å². The Balaban J connectivity index is 1.61. The van der Waals surface area contributed by atoms with E-state index in [1.165, 1.54) is 0 Å². The number of carbonyl (C=O) groups excluding carboxylic acids is 1. The third-order valence-corrected chi connectivity index (χ3v) is 8.99. The van der Waals surface area contributed by atoms with E-state index in [1.807, 2.05) is 91.0 Å². The molecule has 7 nitrogen and oxygen atoms in total. The van der Waals surface area contributed by atoms with E-state index in [-0.39, 0.29) is 19.1 Å². The fourth-order valence-corrected chi connectivity index (χ4v) is 5.51. The van der Waals surface area contributed by atoms with Gasteiger partial charge in [0.25, 0.3) is 0 Å². The van der Waals surface area contributed by atoms with Crippen LogP contribution in [0.3, 0.4) is 0 Å². The lowest BCUT2D eigenvalue weighted by molar-refractivity contribution is -0.321. The van der Waals surface area contributed by atoms with Crippen molar-refractivity contribution in [2.75, 3.05) is 19.1 Å². The highest BCUT2D eigenvalue weighted by atomic mass is 35.5. The number of benzene rings is 3. The molecule has 0 saturated carbocycles. The Labute approximate surface area is 261 Å². The van der Waals surface area contributed by atoms with Gasteiger partial charge in [-0.1, -0.05) is 111 Å². The van der Waals surface area contributed by atoms with E-state index in [9.17, 15) is 4.79 Å². The molecule has 1 aliphatic rings. The van der Waals surface area contributed by atoms with Crippen LogP contribution in [-0.2, 0) is 53.0 Å². The Morgan fingerprint density at radius 2 is 1.23 bits per heavy atom. The summed E-state index contributed by atoms with van der Waals surface area (Å²) in [5.41, 5.74) is 3.00. The number of rotatable bonds is 16. The number of alkyl halides is 1. The number of carbonyl (C=O) groups is 1. The van der Waals surface area contributed by atoms with Crippen molar-refractivity contribution in [1.82, 2.24) is 0 Å². The quantitative estimate of drug-likeness (QED) is 0.101. The van der Waals surface area contributed by atoms with Crippen molar-refractivity contribution in [3.8, 4) is 0 Å². The van der Waals surface area contributed by atoms with Gasteiger partial charge in [0.2, 0.25) is 0 Å². The minimum Gasteiger partial charge on any atom is -0.456 e. The van der Waals surface area contributed by atoms with Crippen LogP contribution in [0.25, 0.3) is 0 Å². The van der Waals surface area contributed by atoms with Crippen molar-refractivity contribution in [1.29, 1.82) is 0 Å². The second-order valence-electron chi connectivity index (χ2n) is 11.8. The summed E-state index contributed by atoms with van der Waals surface area (Å²) >= 11 is 5.90. The van der Waals surface area contributed by atoms with Gasteiger partial charge in [-0.05, 0) is 22.7 Å². The third-order valence-electron chi connectivity index (χ3n) is 7.07. The summed E-state index contributed by atoms with van der Waals surface area (Å²) in [7, 11) is -1.39. The van der Waals surface area contributed by atoms with Crippen LogP contribution in [0.5, 0.6) is 0 Å². The Morgan fingerprint density at radius 1 is 0.721 bits per heavy atom. The lowest BCUT2D eigenvalue weighted by atomic mass is 9.98. The van der Waals surface area contributed by atoms with Crippen molar-refractivity contribution in [2.45, 2.75) is 76.2 Å². The zero-order chi connectivity index (χ0) is 30.5. The number of halogens is 1. The molecule has 1 aliphatic heterocycles. The van der Waals surface area contributed by atoms with Crippen molar-refractivity contribution in [3.05, 3.63) is 108 Å². The standard InChI is InChI=1S/C34H43ClO7Si/c1-43(2,3)20-19-38-34-33(40-24-28-17-11-6-12-18-28)32(39-23-27-15-9-5-10-16-27)31(42-30(36)21-35)29(41-34)25-37-22-26-13-7-4-8-14-26/h4-18,29,31-34H,19-25H2,1-3H3. The Bertz CT molecular complexity index is 1210. The van der Waals surface area contributed by atoms with E-state index >= 15 is 0 Å². The van der Waals surface area contributed by atoms with E-state index in [0.717, 1.165) is 22.7 Å². The molecule has 232 valence electrons. The van der Waals surface area contributed by atoms with Gasteiger partial charge in [-0.3, -0.25) is 4.79 Å². The summed E-state index contributed by atoms with van der Waals surface area (Å²) in [6.45, 7) is 8.53. The van der Waals surface area contributed by atoms with Crippen LogP contribution in [0.2, 0.25) is 25.7 Å². The fourth-order valence-electron chi connectivity index (χ4n) is 4.72. The average molecular weight is 627 g/mol. The molecule has 9 heteroatoms. The van der Waals surface area contributed by atoms with E-state index in [2.05, 4.69) is 19.6 Å². The third kappa shape index (κ3) is 11.1. The zero-order valence-electron chi connectivity index (χ0n) is 25.2. The molecule has 5 atom stereocenters. The normalized spacial score (nSPS) is 22.3. The van der Waals surface area contributed by atoms with Crippen molar-refractivity contribution < 1.29 is 33.2 Å². The van der Waals surface area contributed by atoms with Crippen LogP contribution >= 0.6 is 11.6 Å². The van der Waals surface area contributed by atoms with Gasteiger partial charge in [-0.2, -0.15) is 0 Å². The van der Waals surface area contributed by atoms with E-state index < -0.39 is 44.7 Å². The molecule has 43 heavy (non-hydrogen) atoms. The minimum absolute atomic E-state index is 0.152. The lowest BCUT2D eigenvalue weighted by Gasteiger charge is -2.45. The maximum absolute atomic E-state index is 12.6.